The quantitative estimate of drug-likeness (QED) is 0.760. The molecule has 0 unspecified atom stereocenters. The molecule has 3 rings (SSSR count). The zero-order valence-corrected chi connectivity index (χ0v) is 16.8. The van der Waals surface area contributed by atoms with Crippen molar-refractivity contribution >= 4 is 35.0 Å². The molecule has 1 heterocycles. The molecule has 0 spiro atoms. The van der Waals surface area contributed by atoms with Gasteiger partial charge in [0, 0.05) is 17.8 Å². The molecule has 0 saturated heterocycles. The van der Waals surface area contributed by atoms with Crippen molar-refractivity contribution in [3.05, 3.63) is 70.3 Å². The first-order valence-corrected chi connectivity index (χ1v) is 9.29. The van der Waals surface area contributed by atoms with Crippen molar-refractivity contribution in [3.8, 4) is 0 Å². The second-order valence-electron chi connectivity index (χ2n) is 7.67. The summed E-state index contributed by atoms with van der Waals surface area (Å²) in [5, 5.41) is 9.74. The molecule has 0 aromatic heterocycles. The molecule has 0 saturated carbocycles. The van der Waals surface area contributed by atoms with Crippen molar-refractivity contribution in [3.63, 3.8) is 0 Å². The summed E-state index contributed by atoms with van der Waals surface area (Å²) in [5.41, 5.74) is 4.61. The van der Waals surface area contributed by atoms with Crippen LogP contribution in [0.1, 0.15) is 31.9 Å². The van der Waals surface area contributed by atoms with Crippen molar-refractivity contribution in [1.29, 1.82) is 0 Å². The first-order chi connectivity index (χ1) is 12.7. The number of nitrogens with one attached hydrogen (secondary N) is 1. The van der Waals surface area contributed by atoms with Crippen LogP contribution in [-0.4, -0.2) is 30.2 Å². The summed E-state index contributed by atoms with van der Waals surface area (Å²) in [6, 6.07) is 15.8. The second kappa shape index (κ2) is 7.57. The van der Waals surface area contributed by atoms with E-state index in [0.29, 0.717) is 17.1 Å². The van der Waals surface area contributed by atoms with E-state index in [1.54, 1.807) is 7.05 Å². The van der Waals surface area contributed by atoms with E-state index < -0.39 is 0 Å². The standard InChI is InChI=1S/C22H24ClN3O/c1-22(2,3)16-7-5-15(6-8-16)13-19-20(25-26(4)21(19)27)14-24-18-11-9-17(23)10-12-18/h5-13,24H,14H2,1-4H3/b19-13-. The monoisotopic (exact) mass is 381 g/mol. The molecule has 4 nitrogen and oxygen atoms in total. The highest BCUT2D eigenvalue weighted by atomic mass is 35.5. The highest BCUT2D eigenvalue weighted by Crippen LogP contribution is 2.24. The Morgan fingerprint density at radius 1 is 1.07 bits per heavy atom. The first kappa shape index (κ1) is 19.2. The number of hydrogen-bond acceptors (Lipinski definition) is 3. The van der Waals surface area contributed by atoms with E-state index in [-0.39, 0.29) is 11.3 Å². The summed E-state index contributed by atoms with van der Waals surface area (Å²) in [6.07, 6.45) is 1.90. The third-order valence-electron chi connectivity index (χ3n) is 4.50. The third-order valence-corrected chi connectivity index (χ3v) is 4.75. The molecule has 27 heavy (non-hydrogen) atoms. The van der Waals surface area contributed by atoms with E-state index in [1.807, 2.05) is 42.5 Å². The maximum absolute atomic E-state index is 12.5. The van der Waals surface area contributed by atoms with Crippen molar-refractivity contribution < 1.29 is 4.79 Å². The van der Waals surface area contributed by atoms with Gasteiger partial charge in [-0.05, 0) is 46.9 Å². The van der Waals surface area contributed by atoms with Gasteiger partial charge in [0.05, 0.1) is 17.8 Å². The van der Waals surface area contributed by atoms with Crippen LogP contribution in [0.15, 0.2) is 59.2 Å². The van der Waals surface area contributed by atoms with Crippen LogP contribution in [0.2, 0.25) is 5.02 Å². The van der Waals surface area contributed by atoms with E-state index in [9.17, 15) is 4.79 Å². The number of halogens is 1. The lowest BCUT2D eigenvalue weighted by molar-refractivity contribution is -0.124. The summed E-state index contributed by atoms with van der Waals surface area (Å²) in [4.78, 5) is 12.5. The average molecular weight is 382 g/mol. The van der Waals surface area contributed by atoms with Crippen LogP contribution in [-0.2, 0) is 10.2 Å². The Kier molecular flexibility index (Phi) is 5.38. The molecular weight excluding hydrogens is 358 g/mol. The van der Waals surface area contributed by atoms with Gasteiger partial charge in [0.15, 0.2) is 0 Å². The fourth-order valence-corrected chi connectivity index (χ4v) is 2.98. The van der Waals surface area contributed by atoms with Crippen molar-refractivity contribution in [2.45, 2.75) is 26.2 Å². The molecule has 140 valence electrons. The van der Waals surface area contributed by atoms with E-state index in [2.05, 4.69) is 43.3 Å². The van der Waals surface area contributed by atoms with Gasteiger partial charge in [0.1, 0.15) is 0 Å². The average Bonchev–Trinajstić information content (AvgIpc) is 2.89. The number of likely N-dealkylation sites (N-methyl/N-ethyl adjacent to an activating group) is 1. The molecule has 2 aromatic rings. The summed E-state index contributed by atoms with van der Waals surface area (Å²) < 4.78 is 0. The molecule has 5 heteroatoms. The Labute approximate surface area is 165 Å². The summed E-state index contributed by atoms with van der Waals surface area (Å²) in [7, 11) is 1.67. The van der Waals surface area contributed by atoms with E-state index in [0.717, 1.165) is 17.0 Å². The molecule has 0 fully saturated rings. The molecule has 0 aliphatic carbocycles. The van der Waals surface area contributed by atoms with Crippen LogP contribution >= 0.6 is 11.6 Å². The number of carbonyl (C=O) groups excluding carboxylic acids is 1. The minimum Gasteiger partial charge on any atom is -0.379 e. The van der Waals surface area contributed by atoms with Crippen LogP contribution in [0.25, 0.3) is 6.08 Å². The highest BCUT2D eigenvalue weighted by molar-refractivity contribution is 6.30. The van der Waals surface area contributed by atoms with Gasteiger partial charge in [0.2, 0.25) is 0 Å². The minimum atomic E-state index is -0.0946. The number of rotatable bonds is 4. The van der Waals surface area contributed by atoms with E-state index in [4.69, 9.17) is 11.6 Å². The van der Waals surface area contributed by atoms with Crippen LogP contribution in [0.3, 0.4) is 0 Å². The lowest BCUT2D eigenvalue weighted by atomic mass is 9.86. The summed E-state index contributed by atoms with van der Waals surface area (Å²) in [6.45, 7) is 7.01. The van der Waals surface area contributed by atoms with Crippen molar-refractivity contribution in [1.82, 2.24) is 5.01 Å². The number of hydrogen-bond donors (Lipinski definition) is 1. The number of benzene rings is 2. The van der Waals surface area contributed by atoms with Crippen LogP contribution in [0, 0.1) is 0 Å². The third kappa shape index (κ3) is 4.58. The number of hydrazone groups is 1. The van der Waals surface area contributed by atoms with Gasteiger partial charge in [-0.2, -0.15) is 5.10 Å². The van der Waals surface area contributed by atoms with Gasteiger partial charge in [-0.3, -0.25) is 4.79 Å². The predicted molar refractivity (Wildman–Crippen MR) is 113 cm³/mol. The fraction of sp³-hybridized carbons (Fsp3) is 0.273. The van der Waals surface area contributed by atoms with E-state index >= 15 is 0 Å². The van der Waals surface area contributed by atoms with Crippen molar-refractivity contribution in [2.75, 3.05) is 18.9 Å². The largest absolute Gasteiger partial charge is 0.379 e. The van der Waals surface area contributed by atoms with Gasteiger partial charge in [0.25, 0.3) is 5.91 Å². The molecule has 0 radical (unpaired) electrons. The lowest BCUT2D eigenvalue weighted by Crippen LogP contribution is -2.19. The Morgan fingerprint density at radius 2 is 1.70 bits per heavy atom. The van der Waals surface area contributed by atoms with Crippen LogP contribution in [0.5, 0.6) is 0 Å². The molecular formula is C22H24ClN3O. The Morgan fingerprint density at radius 3 is 2.30 bits per heavy atom. The zero-order valence-electron chi connectivity index (χ0n) is 16.1. The SMILES string of the molecule is CN1N=C(CNc2ccc(Cl)cc2)/C(=C/c2ccc(C(C)(C)C)cc2)C1=O. The van der Waals surface area contributed by atoms with Crippen molar-refractivity contribution in [2.24, 2.45) is 5.10 Å². The Balaban J connectivity index is 1.79. The second-order valence-corrected chi connectivity index (χ2v) is 8.10. The molecule has 2 aromatic carbocycles. The number of anilines is 1. The van der Waals surface area contributed by atoms with Gasteiger partial charge in [-0.25, -0.2) is 5.01 Å². The number of nitrogens with zero attached hydrogens (tertiary/aromatic N) is 2. The first-order valence-electron chi connectivity index (χ1n) is 8.91. The topological polar surface area (TPSA) is 44.7 Å². The maximum atomic E-state index is 12.5. The normalized spacial score (nSPS) is 16.0. The molecule has 1 aliphatic heterocycles. The molecule has 1 N–H and O–H groups in total. The van der Waals surface area contributed by atoms with Crippen LogP contribution < -0.4 is 5.32 Å². The lowest BCUT2D eigenvalue weighted by Gasteiger charge is -2.18. The van der Waals surface area contributed by atoms with Gasteiger partial charge in [-0.15, -0.1) is 0 Å². The van der Waals surface area contributed by atoms with E-state index in [1.165, 1.54) is 10.6 Å². The van der Waals surface area contributed by atoms with Gasteiger partial charge < -0.3 is 5.32 Å². The zero-order chi connectivity index (χ0) is 19.6. The smallest absolute Gasteiger partial charge is 0.275 e. The fourth-order valence-electron chi connectivity index (χ4n) is 2.85. The number of amides is 1. The van der Waals surface area contributed by atoms with Crippen LogP contribution in [0.4, 0.5) is 5.69 Å². The highest BCUT2D eigenvalue weighted by Gasteiger charge is 2.27. The number of carbonyl (C=O) groups is 1. The summed E-state index contributed by atoms with van der Waals surface area (Å²) in [5.74, 6) is -0.0946. The predicted octanol–water partition coefficient (Wildman–Crippen LogP) is 4.96. The Bertz CT molecular complexity index is 891. The molecule has 0 atom stereocenters. The molecule has 0 bridgehead atoms. The molecule has 1 amide bonds. The van der Waals surface area contributed by atoms with Gasteiger partial charge in [-0.1, -0.05) is 56.6 Å². The molecule has 1 aliphatic rings. The Hall–Kier alpha value is -2.59. The maximum Gasteiger partial charge on any atom is 0.275 e. The van der Waals surface area contributed by atoms with Gasteiger partial charge >= 0.3 is 0 Å². The minimum absolute atomic E-state index is 0.0946. The summed E-state index contributed by atoms with van der Waals surface area (Å²) >= 11 is 5.92.